The summed E-state index contributed by atoms with van der Waals surface area (Å²) in [7, 11) is 0. The molecule has 0 bridgehead atoms. The van der Waals surface area contributed by atoms with Crippen LogP contribution in [0.15, 0.2) is 24.3 Å². The van der Waals surface area contributed by atoms with Gasteiger partial charge in [-0.2, -0.15) is 5.26 Å². The van der Waals surface area contributed by atoms with E-state index < -0.39 is 0 Å². The number of benzene rings is 1. The Morgan fingerprint density at radius 1 is 1.50 bits per heavy atom. The van der Waals surface area contributed by atoms with E-state index in [1.165, 1.54) is 0 Å². The Morgan fingerprint density at radius 2 is 2.25 bits per heavy atom. The molecule has 2 nitrogen and oxygen atoms in total. The number of fused-ring (bicyclic) bond motifs is 1. The molecule has 58 valence electrons. The molecule has 0 saturated heterocycles. The van der Waals surface area contributed by atoms with E-state index in [2.05, 4.69) is 6.07 Å². The highest BCUT2D eigenvalue weighted by atomic mass is 16.5. The Bertz CT molecular complexity index is 345. The van der Waals surface area contributed by atoms with Gasteiger partial charge in [0.2, 0.25) is 0 Å². The molecule has 0 spiro atoms. The summed E-state index contributed by atoms with van der Waals surface area (Å²) in [6.45, 7) is 2.03. The smallest absolute Gasteiger partial charge is 0.326 e. The number of rotatable bonds is 0. The zero-order valence-corrected chi connectivity index (χ0v) is 6.82. The third kappa shape index (κ3) is 0.928. The first-order valence-corrected chi connectivity index (χ1v) is 3.97. The first-order chi connectivity index (χ1) is 5.83. The SMILES string of the molecule is CB1OC(C#N)c2ccccc21. The van der Waals surface area contributed by atoms with Crippen molar-refractivity contribution in [3.63, 3.8) is 0 Å². The van der Waals surface area contributed by atoms with Crippen LogP contribution < -0.4 is 5.46 Å². The van der Waals surface area contributed by atoms with Gasteiger partial charge < -0.3 is 4.65 Å². The Kier molecular flexibility index (Phi) is 1.63. The average molecular weight is 157 g/mol. The Morgan fingerprint density at radius 3 is 3.00 bits per heavy atom. The van der Waals surface area contributed by atoms with Crippen molar-refractivity contribution in [2.24, 2.45) is 0 Å². The van der Waals surface area contributed by atoms with E-state index in [1.807, 2.05) is 31.1 Å². The van der Waals surface area contributed by atoms with Crippen LogP contribution in [0.25, 0.3) is 0 Å². The molecule has 0 N–H and O–H groups in total. The Labute approximate surface area is 71.9 Å². The molecule has 1 aromatic rings. The van der Waals surface area contributed by atoms with Gasteiger partial charge >= 0.3 is 6.92 Å². The lowest BCUT2D eigenvalue weighted by molar-refractivity contribution is 0.287. The highest BCUT2D eigenvalue weighted by Crippen LogP contribution is 2.22. The average Bonchev–Trinajstić information content (AvgIpc) is 2.44. The van der Waals surface area contributed by atoms with Gasteiger partial charge in [-0.05, 0) is 11.0 Å². The van der Waals surface area contributed by atoms with E-state index >= 15 is 0 Å². The zero-order valence-electron chi connectivity index (χ0n) is 6.82. The van der Waals surface area contributed by atoms with Gasteiger partial charge in [0.05, 0.1) is 6.07 Å². The van der Waals surface area contributed by atoms with Gasteiger partial charge in [0.25, 0.3) is 0 Å². The minimum atomic E-state index is -0.365. The van der Waals surface area contributed by atoms with Crippen LogP contribution in [0.2, 0.25) is 6.82 Å². The van der Waals surface area contributed by atoms with Gasteiger partial charge in [-0.3, -0.25) is 0 Å². The summed E-state index contributed by atoms with van der Waals surface area (Å²) in [5.41, 5.74) is 2.16. The highest BCUT2D eigenvalue weighted by molar-refractivity contribution is 6.67. The number of hydrogen-bond acceptors (Lipinski definition) is 2. The molecular weight excluding hydrogens is 149 g/mol. The zero-order chi connectivity index (χ0) is 8.55. The molecule has 1 heterocycles. The molecule has 0 aromatic heterocycles. The molecule has 1 atom stereocenters. The second-order valence-corrected chi connectivity index (χ2v) is 2.92. The van der Waals surface area contributed by atoms with Crippen LogP contribution in [0.5, 0.6) is 0 Å². The number of hydrogen-bond donors (Lipinski definition) is 0. The largest absolute Gasteiger partial charge is 0.413 e. The van der Waals surface area contributed by atoms with Crippen molar-refractivity contribution in [3.05, 3.63) is 29.8 Å². The van der Waals surface area contributed by atoms with Crippen molar-refractivity contribution in [3.8, 4) is 6.07 Å². The molecule has 1 aliphatic heterocycles. The van der Waals surface area contributed by atoms with Gasteiger partial charge in [-0.25, -0.2) is 0 Å². The molecule has 0 fully saturated rings. The van der Waals surface area contributed by atoms with Crippen LogP contribution in [0.3, 0.4) is 0 Å². The molecule has 3 heteroatoms. The second-order valence-electron chi connectivity index (χ2n) is 2.92. The summed E-state index contributed by atoms with van der Waals surface area (Å²) in [6.07, 6.45) is -0.365. The summed E-state index contributed by atoms with van der Waals surface area (Å²) in [4.78, 5) is 0. The van der Waals surface area contributed by atoms with Crippen LogP contribution in [-0.4, -0.2) is 6.92 Å². The molecule has 0 radical (unpaired) electrons. The third-order valence-corrected chi connectivity index (χ3v) is 2.17. The molecular formula is C9H8BNO. The summed E-state index contributed by atoms with van der Waals surface area (Å²) in [5.74, 6) is 0. The molecule has 1 unspecified atom stereocenters. The maximum absolute atomic E-state index is 8.76. The number of nitriles is 1. The van der Waals surface area contributed by atoms with E-state index in [0.29, 0.717) is 0 Å². The summed E-state index contributed by atoms with van der Waals surface area (Å²) in [6, 6.07) is 10.00. The lowest BCUT2D eigenvalue weighted by atomic mass is 9.64. The molecule has 0 amide bonds. The monoisotopic (exact) mass is 157 g/mol. The lowest BCUT2D eigenvalue weighted by Gasteiger charge is -1.99. The molecule has 0 aliphatic carbocycles. The lowest BCUT2D eigenvalue weighted by Crippen LogP contribution is -2.23. The standard InChI is InChI=1S/C9H8BNO/c1-10-8-5-3-2-4-7(8)9(6-11)12-10/h2-5,9H,1H3. The van der Waals surface area contributed by atoms with Gasteiger partial charge in [0.1, 0.15) is 0 Å². The molecule has 12 heavy (non-hydrogen) atoms. The normalized spacial score (nSPS) is 20.3. The van der Waals surface area contributed by atoms with Crippen molar-refractivity contribution in [1.29, 1.82) is 5.26 Å². The van der Waals surface area contributed by atoms with E-state index in [1.54, 1.807) is 0 Å². The fourth-order valence-electron chi connectivity index (χ4n) is 1.57. The van der Waals surface area contributed by atoms with Crippen LogP contribution in [-0.2, 0) is 4.65 Å². The Balaban J connectivity index is 2.52. The van der Waals surface area contributed by atoms with Crippen molar-refractivity contribution >= 4 is 12.4 Å². The van der Waals surface area contributed by atoms with Gasteiger partial charge in [0.15, 0.2) is 6.10 Å². The van der Waals surface area contributed by atoms with E-state index in [0.717, 1.165) is 11.0 Å². The van der Waals surface area contributed by atoms with Crippen molar-refractivity contribution in [1.82, 2.24) is 0 Å². The molecule has 2 rings (SSSR count). The predicted octanol–water partition coefficient (Wildman–Crippen LogP) is 1.11. The van der Waals surface area contributed by atoms with Crippen molar-refractivity contribution in [2.45, 2.75) is 12.9 Å². The highest BCUT2D eigenvalue weighted by Gasteiger charge is 2.30. The molecule has 1 aliphatic rings. The summed E-state index contributed by atoms with van der Waals surface area (Å²) >= 11 is 0. The fraction of sp³-hybridized carbons (Fsp3) is 0.222. The van der Waals surface area contributed by atoms with E-state index in [-0.39, 0.29) is 13.0 Å². The first kappa shape index (κ1) is 7.39. The van der Waals surface area contributed by atoms with E-state index in [4.69, 9.17) is 9.92 Å². The number of nitrogens with zero attached hydrogens (tertiary/aromatic N) is 1. The van der Waals surface area contributed by atoms with Crippen molar-refractivity contribution in [2.75, 3.05) is 0 Å². The van der Waals surface area contributed by atoms with Crippen molar-refractivity contribution < 1.29 is 4.65 Å². The first-order valence-electron chi connectivity index (χ1n) is 3.97. The summed E-state index contributed by atoms with van der Waals surface area (Å²) < 4.78 is 5.42. The molecule has 1 aromatic carbocycles. The topological polar surface area (TPSA) is 33.0 Å². The third-order valence-electron chi connectivity index (χ3n) is 2.17. The second kappa shape index (κ2) is 2.65. The van der Waals surface area contributed by atoms with Gasteiger partial charge in [0, 0.05) is 0 Å². The van der Waals surface area contributed by atoms with Crippen LogP contribution in [0.1, 0.15) is 11.7 Å². The predicted molar refractivity (Wildman–Crippen MR) is 47.1 cm³/mol. The fourth-order valence-corrected chi connectivity index (χ4v) is 1.57. The minimum absolute atomic E-state index is 0.0610. The maximum atomic E-state index is 8.76. The molecule has 0 saturated carbocycles. The van der Waals surface area contributed by atoms with Gasteiger partial charge in [-0.15, -0.1) is 0 Å². The summed E-state index contributed by atoms with van der Waals surface area (Å²) in [5, 5.41) is 8.76. The quantitative estimate of drug-likeness (QED) is 0.528. The van der Waals surface area contributed by atoms with E-state index in [9.17, 15) is 0 Å². The maximum Gasteiger partial charge on any atom is 0.326 e. The minimum Gasteiger partial charge on any atom is -0.413 e. The Hall–Kier alpha value is -1.27. The van der Waals surface area contributed by atoms with Crippen LogP contribution >= 0.6 is 0 Å². The van der Waals surface area contributed by atoms with Crippen LogP contribution in [0, 0.1) is 11.3 Å². The van der Waals surface area contributed by atoms with Gasteiger partial charge in [-0.1, -0.05) is 31.1 Å². The van der Waals surface area contributed by atoms with Crippen LogP contribution in [0.4, 0.5) is 0 Å².